The molecule has 1 aromatic carbocycles. The highest BCUT2D eigenvalue weighted by Gasteiger charge is 2.33. The van der Waals surface area contributed by atoms with Crippen LogP contribution in [-0.4, -0.2) is 38.4 Å². The fraction of sp³-hybridized carbons (Fsp3) is 0.600. The van der Waals surface area contributed by atoms with Crippen molar-refractivity contribution in [2.45, 2.75) is 38.1 Å². The third-order valence-corrected chi connectivity index (χ3v) is 5.63. The number of rotatable bonds is 4. The Labute approximate surface area is 122 Å². The van der Waals surface area contributed by atoms with Gasteiger partial charge in [0.05, 0.1) is 4.90 Å². The highest BCUT2D eigenvalue weighted by Crippen LogP contribution is 2.23. The monoisotopic (exact) mass is 296 g/mol. The number of nitrogens with one attached hydrogen (secondary N) is 1. The van der Waals surface area contributed by atoms with Crippen molar-refractivity contribution < 1.29 is 8.42 Å². The van der Waals surface area contributed by atoms with E-state index in [4.69, 9.17) is 0 Å². The van der Waals surface area contributed by atoms with Crippen LogP contribution in [0.4, 0.5) is 0 Å². The lowest BCUT2D eigenvalue weighted by Crippen LogP contribution is -2.53. The first kappa shape index (κ1) is 15.5. The molecule has 1 fully saturated rings. The number of piperazine rings is 1. The quantitative estimate of drug-likeness (QED) is 0.924. The average molecular weight is 296 g/mol. The number of sulfonamides is 1. The fourth-order valence-corrected chi connectivity index (χ4v) is 4.28. The van der Waals surface area contributed by atoms with Crippen LogP contribution in [-0.2, 0) is 10.0 Å². The Hall–Kier alpha value is -0.910. The van der Waals surface area contributed by atoms with E-state index in [1.54, 1.807) is 16.4 Å². The van der Waals surface area contributed by atoms with Gasteiger partial charge in [0.15, 0.2) is 0 Å². The molecule has 1 heterocycles. The molecule has 0 radical (unpaired) electrons. The Balaban J connectivity index is 2.28. The van der Waals surface area contributed by atoms with Gasteiger partial charge in [-0.2, -0.15) is 4.31 Å². The molecular weight excluding hydrogens is 272 g/mol. The lowest BCUT2D eigenvalue weighted by molar-refractivity contribution is 0.237. The van der Waals surface area contributed by atoms with E-state index in [0.29, 0.717) is 17.4 Å². The fourth-order valence-electron chi connectivity index (χ4n) is 2.65. The Bertz CT molecular complexity index is 537. The van der Waals surface area contributed by atoms with E-state index in [2.05, 4.69) is 19.2 Å². The molecule has 0 aliphatic carbocycles. The van der Waals surface area contributed by atoms with E-state index in [-0.39, 0.29) is 6.04 Å². The summed E-state index contributed by atoms with van der Waals surface area (Å²) in [6, 6.07) is 7.17. The summed E-state index contributed by atoms with van der Waals surface area (Å²) in [5.41, 5.74) is 1.07. The molecule has 1 unspecified atom stereocenters. The van der Waals surface area contributed by atoms with Crippen molar-refractivity contribution in [2.24, 2.45) is 5.92 Å². The standard InChI is InChI=1S/C15H24N2O2S/c1-12(2)10-14-11-16-8-9-17(14)20(18,19)15-6-4-13(3)5-7-15/h4-7,12,14,16H,8-11H2,1-3H3. The molecule has 1 saturated heterocycles. The molecule has 1 aliphatic rings. The summed E-state index contributed by atoms with van der Waals surface area (Å²) >= 11 is 0. The Morgan fingerprint density at radius 1 is 1.30 bits per heavy atom. The molecule has 20 heavy (non-hydrogen) atoms. The minimum Gasteiger partial charge on any atom is -0.314 e. The normalized spacial score (nSPS) is 21.3. The SMILES string of the molecule is Cc1ccc(S(=O)(=O)N2CCNCC2CC(C)C)cc1. The zero-order valence-electron chi connectivity index (χ0n) is 12.5. The molecule has 0 aromatic heterocycles. The van der Waals surface area contributed by atoms with Gasteiger partial charge in [-0.1, -0.05) is 31.5 Å². The molecule has 1 atom stereocenters. The molecule has 2 rings (SSSR count). The first-order valence-electron chi connectivity index (χ1n) is 7.20. The molecule has 0 spiro atoms. The number of benzene rings is 1. The Morgan fingerprint density at radius 3 is 2.55 bits per heavy atom. The number of aryl methyl sites for hydroxylation is 1. The highest BCUT2D eigenvalue weighted by atomic mass is 32.2. The van der Waals surface area contributed by atoms with E-state index < -0.39 is 10.0 Å². The predicted molar refractivity (Wildman–Crippen MR) is 81.2 cm³/mol. The first-order valence-corrected chi connectivity index (χ1v) is 8.64. The molecule has 0 bridgehead atoms. The van der Waals surface area contributed by atoms with Crippen LogP contribution in [0.25, 0.3) is 0 Å². The van der Waals surface area contributed by atoms with Gasteiger partial charge in [-0.15, -0.1) is 0 Å². The third kappa shape index (κ3) is 3.40. The summed E-state index contributed by atoms with van der Waals surface area (Å²) in [4.78, 5) is 0.402. The maximum Gasteiger partial charge on any atom is 0.243 e. The zero-order chi connectivity index (χ0) is 14.8. The number of hydrogen-bond donors (Lipinski definition) is 1. The second-order valence-electron chi connectivity index (χ2n) is 5.92. The summed E-state index contributed by atoms with van der Waals surface area (Å²) < 4.78 is 27.3. The van der Waals surface area contributed by atoms with E-state index in [9.17, 15) is 8.42 Å². The first-order chi connectivity index (χ1) is 9.41. The minimum absolute atomic E-state index is 0.0510. The molecule has 112 valence electrons. The summed E-state index contributed by atoms with van der Waals surface area (Å²) in [7, 11) is -3.38. The van der Waals surface area contributed by atoms with Crippen molar-refractivity contribution in [3.63, 3.8) is 0 Å². The van der Waals surface area contributed by atoms with Gasteiger partial charge in [0, 0.05) is 25.7 Å². The van der Waals surface area contributed by atoms with Gasteiger partial charge in [-0.25, -0.2) is 8.42 Å². The second kappa shape index (κ2) is 6.24. The van der Waals surface area contributed by atoms with Crippen molar-refractivity contribution in [3.8, 4) is 0 Å². The van der Waals surface area contributed by atoms with Gasteiger partial charge in [0.2, 0.25) is 10.0 Å². The lowest BCUT2D eigenvalue weighted by Gasteiger charge is -2.36. The van der Waals surface area contributed by atoms with E-state index in [1.165, 1.54) is 0 Å². The van der Waals surface area contributed by atoms with Gasteiger partial charge in [0.1, 0.15) is 0 Å². The highest BCUT2D eigenvalue weighted by molar-refractivity contribution is 7.89. The van der Waals surface area contributed by atoms with Crippen molar-refractivity contribution in [3.05, 3.63) is 29.8 Å². The molecule has 5 heteroatoms. The van der Waals surface area contributed by atoms with Crippen LogP contribution < -0.4 is 5.32 Å². The number of nitrogens with zero attached hydrogens (tertiary/aromatic N) is 1. The van der Waals surface area contributed by atoms with Crippen LogP contribution >= 0.6 is 0 Å². The Kier molecular flexibility index (Phi) is 4.83. The second-order valence-corrected chi connectivity index (χ2v) is 7.81. The maximum absolute atomic E-state index is 12.8. The van der Waals surface area contributed by atoms with Gasteiger partial charge >= 0.3 is 0 Å². The van der Waals surface area contributed by atoms with Gasteiger partial charge < -0.3 is 5.32 Å². The van der Waals surface area contributed by atoms with Crippen molar-refractivity contribution in [1.82, 2.24) is 9.62 Å². The summed E-state index contributed by atoms with van der Waals surface area (Å²) in [6.45, 7) is 8.23. The van der Waals surface area contributed by atoms with E-state index >= 15 is 0 Å². The van der Waals surface area contributed by atoms with Gasteiger partial charge in [-0.3, -0.25) is 0 Å². The van der Waals surface area contributed by atoms with E-state index in [0.717, 1.165) is 25.1 Å². The predicted octanol–water partition coefficient (Wildman–Crippen LogP) is 2.00. The van der Waals surface area contributed by atoms with Crippen LogP contribution in [0.1, 0.15) is 25.8 Å². The molecule has 1 aliphatic heterocycles. The molecular formula is C15H24N2O2S. The van der Waals surface area contributed by atoms with Crippen LogP contribution in [0.15, 0.2) is 29.2 Å². The molecule has 0 amide bonds. The van der Waals surface area contributed by atoms with Gasteiger partial charge in [-0.05, 0) is 31.4 Å². The zero-order valence-corrected chi connectivity index (χ0v) is 13.3. The molecule has 1 aromatic rings. The third-order valence-electron chi connectivity index (χ3n) is 3.67. The smallest absolute Gasteiger partial charge is 0.243 e. The van der Waals surface area contributed by atoms with Gasteiger partial charge in [0.25, 0.3) is 0 Å². The number of hydrogen-bond acceptors (Lipinski definition) is 3. The van der Waals surface area contributed by atoms with Crippen LogP contribution in [0.3, 0.4) is 0 Å². The largest absolute Gasteiger partial charge is 0.314 e. The maximum atomic E-state index is 12.8. The van der Waals surface area contributed by atoms with E-state index in [1.807, 2.05) is 19.1 Å². The minimum atomic E-state index is -3.38. The van der Waals surface area contributed by atoms with Crippen molar-refractivity contribution >= 4 is 10.0 Å². The molecule has 0 saturated carbocycles. The van der Waals surface area contributed by atoms with Crippen molar-refractivity contribution in [2.75, 3.05) is 19.6 Å². The summed E-state index contributed by atoms with van der Waals surface area (Å²) in [6.07, 6.45) is 0.887. The van der Waals surface area contributed by atoms with Crippen LogP contribution in [0, 0.1) is 12.8 Å². The van der Waals surface area contributed by atoms with Crippen LogP contribution in [0.5, 0.6) is 0 Å². The molecule has 1 N–H and O–H groups in total. The Morgan fingerprint density at radius 2 is 1.95 bits per heavy atom. The summed E-state index contributed by atoms with van der Waals surface area (Å²) in [5, 5.41) is 3.30. The van der Waals surface area contributed by atoms with Crippen molar-refractivity contribution in [1.29, 1.82) is 0 Å². The topological polar surface area (TPSA) is 49.4 Å². The van der Waals surface area contributed by atoms with Crippen LogP contribution in [0.2, 0.25) is 0 Å². The molecule has 4 nitrogen and oxygen atoms in total. The summed E-state index contributed by atoms with van der Waals surface area (Å²) in [5.74, 6) is 0.482. The lowest BCUT2D eigenvalue weighted by atomic mass is 10.0. The average Bonchev–Trinajstić information content (AvgIpc) is 2.39.